The van der Waals surface area contributed by atoms with Crippen LogP contribution < -0.4 is 0 Å². The summed E-state index contributed by atoms with van der Waals surface area (Å²) < 4.78 is 5.82. The Morgan fingerprint density at radius 3 is 2.76 bits per heavy atom. The van der Waals surface area contributed by atoms with E-state index in [1.165, 1.54) is 19.3 Å². The Balaban J connectivity index is 1.90. The summed E-state index contributed by atoms with van der Waals surface area (Å²) in [4.78, 5) is 12.2. The molecule has 1 spiro atoms. The topological polar surface area (TPSA) is 26.3 Å². The van der Waals surface area contributed by atoms with Crippen molar-refractivity contribution in [3.05, 3.63) is 0 Å². The van der Waals surface area contributed by atoms with Crippen molar-refractivity contribution in [3.8, 4) is 0 Å². The van der Waals surface area contributed by atoms with Gasteiger partial charge in [-0.2, -0.15) is 0 Å². The van der Waals surface area contributed by atoms with Gasteiger partial charge in [0.2, 0.25) is 0 Å². The summed E-state index contributed by atoms with van der Waals surface area (Å²) in [6.45, 7) is 7.03. The molecule has 1 aliphatic heterocycles. The zero-order chi connectivity index (χ0) is 12.0. The van der Waals surface area contributed by atoms with Crippen LogP contribution in [0.1, 0.15) is 46.5 Å². The summed E-state index contributed by atoms with van der Waals surface area (Å²) in [6.07, 6.45) is 5.21. The van der Waals surface area contributed by atoms with E-state index >= 15 is 0 Å². The Morgan fingerprint density at radius 1 is 1.24 bits per heavy atom. The van der Waals surface area contributed by atoms with Crippen LogP contribution in [0.2, 0.25) is 0 Å². The molecule has 1 heterocycles. The first kappa shape index (κ1) is 10.4. The second-order valence-electron chi connectivity index (χ2n) is 7.67. The van der Waals surface area contributed by atoms with Gasteiger partial charge in [-0.1, -0.05) is 20.8 Å². The molecule has 2 bridgehead atoms. The van der Waals surface area contributed by atoms with Gasteiger partial charge in [0, 0.05) is 11.3 Å². The maximum atomic E-state index is 12.2. The Hall–Kier alpha value is -0.530. The van der Waals surface area contributed by atoms with Gasteiger partial charge in [0.1, 0.15) is 6.10 Å². The normalized spacial score (nSPS) is 58.1. The van der Waals surface area contributed by atoms with E-state index < -0.39 is 0 Å². The third kappa shape index (κ3) is 0.946. The van der Waals surface area contributed by atoms with Crippen molar-refractivity contribution in [2.24, 2.45) is 34.5 Å². The smallest absolute Gasteiger partial charge is 0.309 e. The van der Waals surface area contributed by atoms with Crippen LogP contribution in [0.4, 0.5) is 0 Å². The van der Waals surface area contributed by atoms with E-state index in [0.29, 0.717) is 17.3 Å². The largest absolute Gasteiger partial charge is 0.461 e. The van der Waals surface area contributed by atoms with E-state index in [2.05, 4.69) is 20.8 Å². The van der Waals surface area contributed by atoms with Crippen LogP contribution in [0.3, 0.4) is 0 Å². The molecule has 1 saturated heterocycles. The van der Waals surface area contributed by atoms with Crippen molar-refractivity contribution in [3.63, 3.8) is 0 Å². The predicted molar refractivity (Wildman–Crippen MR) is 64.2 cm³/mol. The molecule has 2 heteroatoms. The van der Waals surface area contributed by atoms with Crippen LogP contribution in [0.5, 0.6) is 0 Å². The van der Waals surface area contributed by atoms with Crippen LogP contribution >= 0.6 is 0 Å². The van der Waals surface area contributed by atoms with Gasteiger partial charge < -0.3 is 4.74 Å². The highest BCUT2D eigenvalue weighted by molar-refractivity contribution is 5.75. The molecule has 0 aromatic heterocycles. The number of hydrogen-bond donors (Lipinski definition) is 0. The molecule has 4 fully saturated rings. The first-order valence-electron chi connectivity index (χ1n) is 7.17. The van der Waals surface area contributed by atoms with Gasteiger partial charge >= 0.3 is 5.97 Å². The fourth-order valence-electron chi connectivity index (χ4n) is 6.20. The SMILES string of the molecule is C[C@H]1CC[C@H]2[C@H]3C[C@@H]4[C@H](OC3=O)C(C)(C)C[C@]412. The molecule has 4 aliphatic rings. The second kappa shape index (κ2) is 2.73. The number of hydrogen-bond acceptors (Lipinski definition) is 2. The third-order valence-corrected chi connectivity index (χ3v) is 6.65. The Bertz CT molecular complexity index is 400. The van der Waals surface area contributed by atoms with Gasteiger partial charge in [0.15, 0.2) is 0 Å². The molecule has 3 saturated carbocycles. The van der Waals surface area contributed by atoms with E-state index in [-0.39, 0.29) is 23.4 Å². The van der Waals surface area contributed by atoms with Crippen molar-refractivity contribution in [1.29, 1.82) is 0 Å². The van der Waals surface area contributed by atoms with Crippen molar-refractivity contribution in [1.82, 2.24) is 0 Å². The van der Waals surface area contributed by atoms with Crippen molar-refractivity contribution >= 4 is 5.97 Å². The molecule has 0 unspecified atom stereocenters. The van der Waals surface area contributed by atoms with E-state index in [0.717, 1.165) is 12.3 Å². The van der Waals surface area contributed by atoms with E-state index in [4.69, 9.17) is 4.74 Å². The molecule has 94 valence electrons. The van der Waals surface area contributed by atoms with Crippen molar-refractivity contribution < 1.29 is 9.53 Å². The standard InChI is InChI=1S/C15H22O2/c1-8-4-5-10-9-6-11-12(17-13(9)16)14(2,3)7-15(8,10)11/h8-12H,4-7H2,1-3H3/t8-,9+,10-,11+,12-,15-/m0/s1. The molecule has 0 aromatic carbocycles. The van der Waals surface area contributed by atoms with Crippen LogP contribution in [0, 0.1) is 34.5 Å². The Labute approximate surface area is 103 Å². The zero-order valence-electron chi connectivity index (χ0n) is 11.0. The fraction of sp³-hybridized carbons (Fsp3) is 0.933. The first-order valence-corrected chi connectivity index (χ1v) is 7.17. The highest BCUT2D eigenvalue weighted by atomic mass is 16.5. The van der Waals surface area contributed by atoms with Gasteiger partial charge in [0.25, 0.3) is 0 Å². The average molecular weight is 234 g/mol. The van der Waals surface area contributed by atoms with Gasteiger partial charge in [-0.05, 0) is 42.9 Å². The molecule has 17 heavy (non-hydrogen) atoms. The Morgan fingerprint density at radius 2 is 2.00 bits per heavy atom. The molecule has 6 atom stereocenters. The predicted octanol–water partition coefficient (Wildman–Crippen LogP) is 3.01. The lowest BCUT2D eigenvalue weighted by Crippen LogP contribution is -2.40. The Kier molecular flexibility index (Phi) is 1.67. The molecule has 0 aromatic rings. The average Bonchev–Trinajstić information content (AvgIpc) is 2.76. The van der Waals surface area contributed by atoms with Crippen LogP contribution in [-0.4, -0.2) is 12.1 Å². The molecule has 0 N–H and O–H groups in total. The second-order valence-corrected chi connectivity index (χ2v) is 7.67. The molecular weight excluding hydrogens is 212 g/mol. The van der Waals surface area contributed by atoms with E-state index in [1.807, 2.05) is 0 Å². The number of rotatable bonds is 0. The fourth-order valence-corrected chi connectivity index (χ4v) is 6.20. The summed E-state index contributed by atoms with van der Waals surface area (Å²) in [5, 5.41) is 0. The maximum Gasteiger partial charge on any atom is 0.309 e. The summed E-state index contributed by atoms with van der Waals surface area (Å²) in [6, 6.07) is 0. The molecule has 0 amide bonds. The van der Waals surface area contributed by atoms with Gasteiger partial charge in [0.05, 0.1) is 5.92 Å². The van der Waals surface area contributed by atoms with Gasteiger partial charge in [-0.15, -0.1) is 0 Å². The molecule has 0 radical (unpaired) electrons. The van der Waals surface area contributed by atoms with E-state index in [1.54, 1.807) is 0 Å². The minimum absolute atomic E-state index is 0.125. The number of ether oxygens (including phenoxy) is 1. The number of carbonyl (C=O) groups is 1. The summed E-state index contributed by atoms with van der Waals surface area (Å²) in [5.74, 6) is 2.48. The van der Waals surface area contributed by atoms with Gasteiger partial charge in [-0.3, -0.25) is 4.79 Å². The maximum absolute atomic E-state index is 12.2. The lowest BCUT2D eigenvalue weighted by molar-refractivity contribution is -0.169. The number of fused-ring (bicyclic) bond motifs is 2. The molecular formula is C15H22O2. The summed E-state index contributed by atoms with van der Waals surface area (Å²) >= 11 is 0. The molecule has 4 rings (SSSR count). The quantitative estimate of drug-likeness (QED) is 0.602. The third-order valence-electron chi connectivity index (χ3n) is 6.65. The minimum atomic E-state index is 0.125. The zero-order valence-corrected chi connectivity index (χ0v) is 11.0. The highest BCUT2D eigenvalue weighted by Crippen LogP contribution is 2.74. The minimum Gasteiger partial charge on any atom is -0.461 e. The highest BCUT2D eigenvalue weighted by Gasteiger charge is 2.73. The number of carbonyl (C=O) groups excluding carboxylic acids is 1. The number of esters is 1. The van der Waals surface area contributed by atoms with Crippen LogP contribution in [0.15, 0.2) is 0 Å². The van der Waals surface area contributed by atoms with Crippen molar-refractivity contribution in [2.45, 2.75) is 52.6 Å². The van der Waals surface area contributed by atoms with Gasteiger partial charge in [-0.25, -0.2) is 0 Å². The van der Waals surface area contributed by atoms with E-state index in [9.17, 15) is 4.79 Å². The summed E-state index contributed by atoms with van der Waals surface area (Å²) in [7, 11) is 0. The lowest BCUT2D eigenvalue weighted by atomic mass is 9.68. The van der Waals surface area contributed by atoms with Crippen LogP contribution in [-0.2, 0) is 9.53 Å². The first-order chi connectivity index (χ1) is 7.97. The summed E-state index contributed by atoms with van der Waals surface area (Å²) in [5.41, 5.74) is 0.646. The van der Waals surface area contributed by atoms with Crippen molar-refractivity contribution in [2.75, 3.05) is 0 Å². The molecule has 3 aliphatic carbocycles. The monoisotopic (exact) mass is 234 g/mol. The van der Waals surface area contributed by atoms with Crippen LogP contribution in [0.25, 0.3) is 0 Å². The lowest BCUT2D eigenvalue weighted by Gasteiger charge is -2.36. The molecule has 2 nitrogen and oxygen atoms in total.